The third-order valence-corrected chi connectivity index (χ3v) is 3.04. The van der Waals surface area contributed by atoms with Crippen LogP contribution in [-0.2, 0) is 6.54 Å². The first-order chi connectivity index (χ1) is 7.79. The SMILES string of the molecule is Cc1cc2ccn(CC(C)(C)C)c2c(C)c1F. The molecule has 0 unspecified atom stereocenters. The quantitative estimate of drug-likeness (QED) is 0.686. The first-order valence-electron chi connectivity index (χ1n) is 6.04. The molecule has 2 aromatic rings. The van der Waals surface area contributed by atoms with Gasteiger partial charge < -0.3 is 4.57 Å². The lowest BCUT2D eigenvalue weighted by molar-refractivity contribution is 0.349. The van der Waals surface area contributed by atoms with Crippen LogP contribution in [-0.4, -0.2) is 4.57 Å². The van der Waals surface area contributed by atoms with Gasteiger partial charge in [-0.1, -0.05) is 20.8 Å². The number of rotatable bonds is 1. The van der Waals surface area contributed by atoms with E-state index in [0.717, 1.165) is 28.6 Å². The molecule has 1 heterocycles. The summed E-state index contributed by atoms with van der Waals surface area (Å²) in [7, 11) is 0. The topological polar surface area (TPSA) is 4.93 Å². The second-order valence-electron chi connectivity index (χ2n) is 6.07. The minimum atomic E-state index is -0.0774. The number of aryl methyl sites for hydroxylation is 2. The summed E-state index contributed by atoms with van der Waals surface area (Å²) in [5.41, 5.74) is 2.71. The van der Waals surface area contributed by atoms with Crippen molar-refractivity contribution >= 4 is 10.9 Å². The smallest absolute Gasteiger partial charge is 0.131 e. The second kappa shape index (κ2) is 3.86. The molecule has 2 rings (SSSR count). The van der Waals surface area contributed by atoms with Gasteiger partial charge in [-0.3, -0.25) is 0 Å². The van der Waals surface area contributed by atoms with Crippen LogP contribution in [0.4, 0.5) is 4.39 Å². The lowest BCUT2D eigenvalue weighted by Gasteiger charge is -2.20. The van der Waals surface area contributed by atoms with Crippen molar-refractivity contribution < 1.29 is 4.39 Å². The molecular weight excluding hydrogens is 213 g/mol. The lowest BCUT2D eigenvalue weighted by Crippen LogP contribution is -2.15. The van der Waals surface area contributed by atoms with E-state index in [1.807, 2.05) is 19.9 Å². The zero-order valence-electron chi connectivity index (χ0n) is 11.3. The maximum absolute atomic E-state index is 13.9. The minimum absolute atomic E-state index is 0.0774. The Kier molecular flexibility index (Phi) is 2.76. The maximum Gasteiger partial charge on any atom is 0.131 e. The molecule has 0 amide bonds. The lowest BCUT2D eigenvalue weighted by atomic mass is 9.96. The summed E-state index contributed by atoms with van der Waals surface area (Å²) in [5.74, 6) is -0.0774. The van der Waals surface area contributed by atoms with Gasteiger partial charge >= 0.3 is 0 Å². The predicted molar refractivity (Wildman–Crippen MR) is 70.8 cm³/mol. The van der Waals surface area contributed by atoms with Gasteiger partial charge in [-0.05, 0) is 37.0 Å². The fourth-order valence-corrected chi connectivity index (χ4v) is 2.38. The Hall–Kier alpha value is -1.31. The van der Waals surface area contributed by atoms with E-state index in [9.17, 15) is 4.39 Å². The van der Waals surface area contributed by atoms with Gasteiger partial charge in [0.15, 0.2) is 0 Å². The van der Waals surface area contributed by atoms with Crippen LogP contribution in [0, 0.1) is 25.1 Å². The van der Waals surface area contributed by atoms with Crippen LogP contribution in [0.25, 0.3) is 10.9 Å². The van der Waals surface area contributed by atoms with Crippen LogP contribution in [0.5, 0.6) is 0 Å². The third-order valence-electron chi connectivity index (χ3n) is 3.04. The van der Waals surface area contributed by atoms with E-state index in [1.165, 1.54) is 0 Å². The Balaban J connectivity index is 2.64. The molecule has 2 heteroatoms. The van der Waals surface area contributed by atoms with Crippen LogP contribution < -0.4 is 0 Å². The molecule has 0 bridgehead atoms. The molecule has 0 saturated carbocycles. The summed E-state index contributed by atoms with van der Waals surface area (Å²) in [4.78, 5) is 0. The number of fused-ring (bicyclic) bond motifs is 1. The van der Waals surface area contributed by atoms with Crippen molar-refractivity contribution in [1.82, 2.24) is 4.57 Å². The Morgan fingerprint density at radius 2 is 1.88 bits per heavy atom. The molecule has 0 aliphatic heterocycles. The van der Waals surface area contributed by atoms with Crippen LogP contribution in [0.2, 0.25) is 0 Å². The van der Waals surface area contributed by atoms with Gasteiger partial charge in [-0.25, -0.2) is 4.39 Å². The number of halogens is 1. The van der Waals surface area contributed by atoms with Crippen molar-refractivity contribution in [1.29, 1.82) is 0 Å². The summed E-state index contributed by atoms with van der Waals surface area (Å²) in [5, 5.41) is 1.13. The van der Waals surface area contributed by atoms with Crippen molar-refractivity contribution in [3.8, 4) is 0 Å². The van der Waals surface area contributed by atoms with Crippen molar-refractivity contribution in [3.05, 3.63) is 35.3 Å². The molecule has 0 spiro atoms. The Morgan fingerprint density at radius 3 is 2.47 bits per heavy atom. The van der Waals surface area contributed by atoms with Gasteiger partial charge in [0.2, 0.25) is 0 Å². The second-order valence-corrected chi connectivity index (χ2v) is 6.07. The number of hydrogen-bond donors (Lipinski definition) is 0. The molecule has 0 N–H and O–H groups in total. The average molecular weight is 233 g/mol. The Bertz CT molecular complexity index is 558. The molecule has 1 nitrogen and oxygen atoms in total. The monoisotopic (exact) mass is 233 g/mol. The molecule has 0 aliphatic rings. The van der Waals surface area contributed by atoms with E-state index in [0.29, 0.717) is 0 Å². The first-order valence-corrected chi connectivity index (χ1v) is 6.04. The van der Waals surface area contributed by atoms with E-state index >= 15 is 0 Å². The van der Waals surface area contributed by atoms with Gasteiger partial charge in [0.05, 0.1) is 5.52 Å². The largest absolute Gasteiger partial charge is 0.347 e. The fourth-order valence-electron chi connectivity index (χ4n) is 2.38. The van der Waals surface area contributed by atoms with Gasteiger partial charge in [-0.15, -0.1) is 0 Å². The summed E-state index contributed by atoms with van der Waals surface area (Å²) in [6, 6.07) is 4.00. The highest BCUT2D eigenvalue weighted by molar-refractivity contribution is 5.84. The zero-order valence-corrected chi connectivity index (χ0v) is 11.3. The standard InChI is InChI=1S/C15H20FN/c1-10-8-12-6-7-17(9-15(3,4)5)14(12)11(2)13(10)16/h6-8H,9H2,1-5H3. The highest BCUT2D eigenvalue weighted by Crippen LogP contribution is 2.27. The maximum atomic E-state index is 13.9. The molecule has 1 aromatic heterocycles. The molecule has 1 aromatic carbocycles. The van der Waals surface area contributed by atoms with Gasteiger partial charge in [0, 0.05) is 23.7 Å². The predicted octanol–water partition coefficient (Wildman–Crippen LogP) is 4.44. The number of benzene rings is 1. The van der Waals surface area contributed by atoms with E-state index in [-0.39, 0.29) is 11.2 Å². The van der Waals surface area contributed by atoms with Crippen molar-refractivity contribution in [2.24, 2.45) is 5.41 Å². The molecule has 17 heavy (non-hydrogen) atoms. The van der Waals surface area contributed by atoms with E-state index in [1.54, 1.807) is 0 Å². The summed E-state index contributed by atoms with van der Waals surface area (Å²) >= 11 is 0. The van der Waals surface area contributed by atoms with E-state index in [2.05, 4.69) is 37.6 Å². The van der Waals surface area contributed by atoms with Crippen LogP contribution >= 0.6 is 0 Å². The molecule has 0 radical (unpaired) electrons. The number of aromatic nitrogens is 1. The minimum Gasteiger partial charge on any atom is -0.347 e. The molecule has 0 saturated heterocycles. The highest BCUT2D eigenvalue weighted by Gasteiger charge is 2.15. The Morgan fingerprint density at radius 1 is 1.24 bits per heavy atom. The summed E-state index contributed by atoms with van der Waals surface area (Å²) < 4.78 is 16.1. The zero-order chi connectivity index (χ0) is 12.8. The fraction of sp³-hybridized carbons (Fsp3) is 0.467. The van der Waals surface area contributed by atoms with Crippen LogP contribution in [0.15, 0.2) is 18.3 Å². The number of nitrogens with zero attached hydrogens (tertiary/aromatic N) is 1. The van der Waals surface area contributed by atoms with Crippen LogP contribution in [0.1, 0.15) is 31.9 Å². The van der Waals surface area contributed by atoms with Gasteiger partial charge in [-0.2, -0.15) is 0 Å². The molecule has 92 valence electrons. The Labute approximate surface area is 102 Å². The number of hydrogen-bond acceptors (Lipinski definition) is 0. The van der Waals surface area contributed by atoms with E-state index in [4.69, 9.17) is 0 Å². The average Bonchev–Trinajstić information content (AvgIpc) is 2.55. The first kappa shape index (κ1) is 12.2. The van der Waals surface area contributed by atoms with Gasteiger partial charge in [0.25, 0.3) is 0 Å². The summed E-state index contributed by atoms with van der Waals surface area (Å²) in [6.07, 6.45) is 2.06. The van der Waals surface area contributed by atoms with Crippen LogP contribution in [0.3, 0.4) is 0 Å². The molecule has 0 aliphatic carbocycles. The van der Waals surface area contributed by atoms with E-state index < -0.39 is 0 Å². The molecule has 0 atom stereocenters. The normalized spacial score (nSPS) is 12.4. The summed E-state index contributed by atoms with van der Waals surface area (Å²) in [6.45, 7) is 11.2. The van der Waals surface area contributed by atoms with Crippen molar-refractivity contribution in [3.63, 3.8) is 0 Å². The van der Waals surface area contributed by atoms with Crippen molar-refractivity contribution in [2.75, 3.05) is 0 Å². The third kappa shape index (κ3) is 2.21. The molecule has 0 fully saturated rings. The van der Waals surface area contributed by atoms with Crippen molar-refractivity contribution in [2.45, 2.75) is 41.2 Å². The molecular formula is C15H20FN. The van der Waals surface area contributed by atoms with Gasteiger partial charge in [0.1, 0.15) is 5.82 Å². The highest BCUT2D eigenvalue weighted by atomic mass is 19.1.